The van der Waals surface area contributed by atoms with E-state index in [0.29, 0.717) is 12.0 Å². The van der Waals surface area contributed by atoms with Crippen LogP contribution in [0.3, 0.4) is 0 Å². The van der Waals surface area contributed by atoms with Crippen molar-refractivity contribution < 1.29 is 19.4 Å². The van der Waals surface area contributed by atoms with E-state index in [9.17, 15) is 4.79 Å². The fourth-order valence-electron chi connectivity index (χ4n) is 2.17. The van der Waals surface area contributed by atoms with E-state index in [-0.39, 0.29) is 24.4 Å². The molecule has 16 heavy (non-hydrogen) atoms. The molecule has 0 aromatic rings. The van der Waals surface area contributed by atoms with Gasteiger partial charge in [-0.05, 0) is 18.9 Å². The molecule has 0 bridgehead atoms. The number of carboxylic acids is 1. The fraction of sp³-hybridized carbons (Fsp3) is 0.750. The molecule has 3 atom stereocenters. The van der Waals surface area contributed by atoms with E-state index in [1.807, 2.05) is 0 Å². The molecule has 1 saturated heterocycles. The molecule has 0 radical (unpaired) electrons. The predicted molar refractivity (Wildman–Crippen MR) is 58.2 cm³/mol. The first-order valence-electron chi connectivity index (χ1n) is 5.90. The van der Waals surface area contributed by atoms with Crippen molar-refractivity contribution in [3.05, 3.63) is 11.6 Å². The zero-order chi connectivity index (χ0) is 11.7. The van der Waals surface area contributed by atoms with Gasteiger partial charge in [-0.3, -0.25) is 0 Å². The first kappa shape index (κ1) is 11.6. The minimum atomic E-state index is -0.855. The lowest BCUT2D eigenvalue weighted by Crippen LogP contribution is -2.29. The molecule has 90 valence electrons. The lowest BCUT2D eigenvalue weighted by molar-refractivity contribution is -0.133. The largest absolute Gasteiger partial charge is 0.478 e. The third-order valence-electron chi connectivity index (χ3n) is 3.27. The highest BCUT2D eigenvalue weighted by Crippen LogP contribution is 2.38. The van der Waals surface area contributed by atoms with Gasteiger partial charge in [-0.2, -0.15) is 0 Å². The molecule has 4 nitrogen and oxygen atoms in total. The first-order valence-corrected chi connectivity index (χ1v) is 5.90. The van der Waals surface area contributed by atoms with Crippen molar-refractivity contribution in [1.29, 1.82) is 0 Å². The van der Waals surface area contributed by atoms with E-state index in [4.69, 9.17) is 14.6 Å². The number of ether oxygens (including phenoxy) is 2. The molecular formula is C12H18O4. The zero-order valence-corrected chi connectivity index (χ0v) is 9.68. The molecule has 1 N–H and O–H groups in total. The summed E-state index contributed by atoms with van der Waals surface area (Å²) >= 11 is 0. The normalized spacial score (nSPS) is 32.2. The highest BCUT2D eigenvalue weighted by Gasteiger charge is 2.49. The van der Waals surface area contributed by atoms with Crippen molar-refractivity contribution >= 4 is 5.97 Å². The summed E-state index contributed by atoms with van der Waals surface area (Å²) in [5, 5.41) is 8.96. The van der Waals surface area contributed by atoms with Crippen molar-refractivity contribution in [3.8, 4) is 0 Å². The summed E-state index contributed by atoms with van der Waals surface area (Å²) in [6, 6.07) is 0. The molecule has 0 amide bonds. The number of epoxide rings is 1. The van der Waals surface area contributed by atoms with Gasteiger partial charge in [0.25, 0.3) is 0 Å². The topological polar surface area (TPSA) is 59.1 Å². The average molecular weight is 226 g/mol. The van der Waals surface area contributed by atoms with E-state index in [2.05, 4.69) is 13.8 Å². The molecule has 0 spiro atoms. The van der Waals surface area contributed by atoms with Crippen LogP contribution in [0.1, 0.15) is 33.1 Å². The number of carbonyl (C=O) groups is 1. The number of fused-ring (bicyclic) bond motifs is 1. The van der Waals surface area contributed by atoms with E-state index < -0.39 is 5.97 Å². The molecule has 4 heteroatoms. The maximum Gasteiger partial charge on any atom is 0.331 e. The molecular weight excluding hydrogens is 208 g/mol. The van der Waals surface area contributed by atoms with Crippen LogP contribution >= 0.6 is 0 Å². The molecule has 0 unspecified atom stereocenters. The monoisotopic (exact) mass is 226 g/mol. The summed E-state index contributed by atoms with van der Waals surface area (Å²) in [6.45, 7) is 4.15. The second-order valence-electron chi connectivity index (χ2n) is 4.38. The Morgan fingerprint density at radius 3 is 2.88 bits per heavy atom. The van der Waals surface area contributed by atoms with Gasteiger partial charge in [0, 0.05) is 12.0 Å². The summed E-state index contributed by atoms with van der Waals surface area (Å²) in [5.41, 5.74) is 0.426. The van der Waals surface area contributed by atoms with E-state index in [1.54, 1.807) is 6.08 Å². The van der Waals surface area contributed by atoms with E-state index in [1.165, 1.54) is 0 Å². The van der Waals surface area contributed by atoms with Gasteiger partial charge in [-0.15, -0.1) is 0 Å². The van der Waals surface area contributed by atoms with Gasteiger partial charge in [0.15, 0.2) is 0 Å². The summed E-state index contributed by atoms with van der Waals surface area (Å²) in [6.07, 6.45) is 4.30. The summed E-state index contributed by atoms with van der Waals surface area (Å²) in [4.78, 5) is 10.9. The Kier molecular flexibility index (Phi) is 3.30. The molecule has 2 aliphatic rings. The minimum Gasteiger partial charge on any atom is -0.478 e. The predicted octanol–water partition coefficient (Wildman–Crippen LogP) is 1.74. The molecule has 1 heterocycles. The number of carboxylic acid groups (broad SMARTS) is 1. The number of rotatable bonds is 5. The lowest BCUT2D eigenvalue weighted by Gasteiger charge is -2.22. The summed E-state index contributed by atoms with van der Waals surface area (Å²) in [5.74, 6) is -0.855. The highest BCUT2D eigenvalue weighted by molar-refractivity contribution is 5.87. The number of hydrogen-bond donors (Lipinski definition) is 1. The Balaban J connectivity index is 2.02. The van der Waals surface area contributed by atoms with E-state index >= 15 is 0 Å². The van der Waals surface area contributed by atoms with Crippen molar-refractivity contribution in [3.63, 3.8) is 0 Å². The second-order valence-corrected chi connectivity index (χ2v) is 4.38. The Bertz CT molecular complexity index is 306. The van der Waals surface area contributed by atoms with Crippen LogP contribution in [0, 0.1) is 0 Å². The Morgan fingerprint density at radius 1 is 1.62 bits per heavy atom. The van der Waals surface area contributed by atoms with Crippen LogP contribution in [0.15, 0.2) is 11.6 Å². The summed E-state index contributed by atoms with van der Waals surface area (Å²) < 4.78 is 11.3. The molecule has 1 aliphatic carbocycles. The minimum absolute atomic E-state index is 0.0652. The zero-order valence-electron chi connectivity index (χ0n) is 9.68. The van der Waals surface area contributed by atoms with Gasteiger partial charge in [-0.25, -0.2) is 4.79 Å². The van der Waals surface area contributed by atoms with Crippen LogP contribution in [0.5, 0.6) is 0 Å². The third-order valence-corrected chi connectivity index (χ3v) is 3.27. The maximum atomic E-state index is 10.9. The quantitative estimate of drug-likeness (QED) is 0.725. The van der Waals surface area contributed by atoms with Crippen molar-refractivity contribution in [2.75, 3.05) is 0 Å². The van der Waals surface area contributed by atoms with Gasteiger partial charge >= 0.3 is 5.97 Å². The Hall–Kier alpha value is -0.870. The maximum absolute atomic E-state index is 10.9. The van der Waals surface area contributed by atoms with Crippen LogP contribution in [-0.4, -0.2) is 35.5 Å². The Morgan fingerprint density at radius 2 is 2.31 bits per heavy atom. The lowest BCUT2D eigenvalue weighted by atomic mass is 9.97. The van der Waals surface area contributed by atoms with Gasteiger partial charge in [0.1, 0.15) is 12.2 Å². The molecule has 1 aliphatic heterocycles. The van der Waals surface area contributed by atoms with E-state index in [0.717, 1.165) is 12.8 Å². The third kappa shape index (κ3) is 2.28. The molecule has 2 rings (SSSR count). The molecule has 0 saturated carbocycles. The van der Waals surface area contributed by atoms with Crippen molar-refractivity contribution in [1.82, 2.24) is 0 Å². The van der Waals surface area contributed by atoms with Gasteiger partial charge < -0.3 is 14.6 Å². The van der Waals surface area contributed by atoms with Crippen LogP contribution < -0.4 is 0 Å². The van der Waals surface area contributed by atoms with Gasteiger partial charge in [0.05, 0.1) is 12.2 Å². The van der Waals surface area contributed by atoms with Crippen molar-refractivity contribution in [2.24, 2.45) is 0 Å². The SMILES string of the molecule is CCC(CC)O[C@@H]1C=C(C(=O)O)C[C@@H]2O[C@@H]21. The summed E-state index contributed by atoms with van der Waals surface area (Å²) in [7, 11) is 0. The van der Waals surface area contributed by atoms with Gasteiger partial charge in [-0.1, -0.05) is 13.8 Å². The molecule has 0 aromatic carbocycles. The van der Waals surface area contributed by atoms with Crippen molar-refractivity contribution in [2.45, 2.75) is 57.5 Å². The Labute approximate surface area is 95.2 Å². The highest BCUT2D eigenvalue weighted by atomic mass is 16.6. The smallest absolute Gasteiger partial charge is 0.331 e. The standard InChI is InChI=1S/C12H18O4/c1-3-8(4-2)15-9-5-7(12(13)14)6-10-11(9)16-10/h5,8-11H,3-4,6H2,1-2H3,(H,13,14)/t9-,10+,11-/m1/s1. The van der Waals surface area contributed by atoms with Crippen LogP contribution in [0.25, 0.3) is 0 Å². The molecule has 1 fully saturated rings. The first-order chi connectivity index (χ1) is 7.65. The number of hydrogen-bond acceptors (Lipinski definition) is 3. The second kappa shape index (κ2) is 4.55. The fourth-order valence-corrected chi connectivity index (χ4v) is 2.17. The van der Waals surface area contributed by atoms with Gasteiger partial charge in [0.2, 0.25) is 0 Å². The number of aliphatic carboxylic acids is 1. The van der Waals surface area contributed by atoms with Crippen LogP contribution in [0.4, 0.5) is 0 Å². The van der Waals surface area contributed by atoms with Crippen LogP contribution in [-0.2, 0) is 14.3 Å². The molecule has 0 aromatic heterocycles. The average Bonchev–Trinajstić information content (AvgIpc) is 3.04. The van der Waals surface area contributed by atoms with Crippen LogP contribution in [0.2, 0.25) is 0 Å².